The average Bonchev–Trinajstić information content (AvgIpc) is 2.66. The van der Waals surface area contributed by atoms with Crippen molar-refractivity contribution >= 4 is 22.4 Å². The molecule has 0 aromatic carbocycles. The van der Waals surface area contributed by atoms with Crippen LogP contribution in [0.2, 0.25) is 0 Å². The molecule has 14 heavy (non-hydrogen) atoms. The van der Waals surface area contributed by atoms with Gasteiger partial charge in [-0.25, -0.2) is 9.78 Å². The van der Waals surface area contributed by atoms with E-state index < -0.39 is 0 Å². The van der Waals surface area contributed by atoms with Gasteiger partial charge in [-0.2, -0.15) is 0 Å². The standard InChI is InChI=1S/C9H14N2O2S/c1-3-4-5-10-9-11-7(6-14-9)8(12)13-2/h6H,3-5H2,1-2H3,(H,10,11). The SMILES string of the molecule is CCCCNc1nc(C(=O)OC)cs1. The molecular weight excluding hydrogens is 200 g/mol. The van der Waals surface area contributed by atoms with Crippen molar-refractivity contribution in [2.24, 2.45) is 0 Å². The number of ether oxygens (including phenoxy) is 1. The normalized spacial score (nSPS) is 9.86. The van der Waals surface area contributed by atoms with Crippen molar-refractivity contribution in [3.8, 4) is 0 Å². The molecule has 0 aliphatic rings. The Bertz CT molecular complexity index is 299. The van der Waals surface area contributed by atoms with Crippen LogP contribution in [0.4, 0.5) is 5.13 Å². The Morgan fingerprint density at radius 1 is 1.71 bits per heavy atom. The van der Waals surface area contributed by atoms with Gasteiger partial charge in [0.2, 0.25) is 0 Å². The van der Waals surface area contributed by atoms with E-state index in [0.29, 0.717) is 5.69 Å². The maximum Gasteiger partial charge on any atom is 0.357 e. The second-order valence-electron chi connectivity index (χ2n) is 2.81. The molecule has 0 atom stereocenters. The van der Waals surface area contributed by atoms with E-state index in [-0.39, 0.29) is 5.97 Å². The number of carbonyl (C=O) groups excluding carboxylic acids is 1. The fraction of sp³-hybridized carbons (Fsp3) is 0.556. The first-order valence-electron chi connectivity index (χ1n) is 4.55. The molecule has 78 valence electrons. The molecule has 1 aromatic heterocycles. The molecule has 0 saturated carbocycles. The van der Waals surface area contributed by atoms with Crippen molar-refractivity contribution in [3.63, 3.8) is 0 Å². The van der Waals surface area contributed by atoms with Gasteiger partial charge in [0, 0.05) is 11.9 Å². The highest BCUT2D eigenvalue weighted by Crippen LogP contribution is 2.15. The number of carbonyl (C=O) groups is 1. The summed E-state index contributed by atoms with van der Waals surface area (Å²) >= 11 is 1.42. The number of hydrogen-bond acceptors (Lipinski definition) is 5. The third-order valence-electron chi connectivity index (χ3n) is 1.71. The molecule has 1 heterocycles. The van der Waals surface area contributed by atoms with Crippen LogP contribution in [0.15, 0.2) is 5.38 Å². The number of esters is 1. The van der Waals surface area contributed by atoms with Crippen LogP contribution in [0.25, 0.3) is 0 Å². The van der Waals surface area contributed by atoms with E-state index in [0.717, 1.165) is 24.5 Å². The van der Waals surface area contributed by atoms with E-state index in [1.807, 2.05) is 0 Å². The van der Waals surface area contributed by atoms with E-state index in [1.54, 1.807) is 5.38 Å². The third kappa shape index (κ3) is 2.99. The van der Waals surface area contributed by atoms with Crippen molar-refractivity contribution in [1.29, 1.82) is 0 Å². The Morgan fingerprint density at radius 2 is 2.50 bits per heavy atom. The molecule has 0 aliphatic heterocycles. The molecule has 0 fully saturated rings. The Morgan fingerprint density at radius 3 is 3.14 bits per heavy atom. The smallest absolute Gasteiger partial charge is 0.357 e. The minimum Gasteiger partial charge on any atom is -0.464 e. The van der Waals surface area contributed by atoms with Gasteiger partial charge in [0.1, 0.15) is 0 Å². The molecule has 5 heteroatoms. The minimum atomic E-state index is -0.384. The van der Waals surface area contributed by atoms with Crippen molar-refractivity contribution in [1.82, 2.24) is 4.98 Å². The lowest BCUT2D eigenvalue weighted by Crippen LogP contribution is -2.03. The molecule has 0 amide bonds. The molecule has 0 bridgehead atoms. The summed E-state index contributed by atoms with van der Waals surface area (Å²) in [5, 5.41) is 5.62. The first-order chi connectivity index (χ1) is 6.77. The summed E-state index contributed by atoms with van der Waals surface area (Å²) in [6.45, 7) is 3.02. The van der Waals surface area contributed by atoms with Crippen LogP contribution < -0.4 is 5.32 Å². The monoisotopic (exact) mass is 214 g/mol. The number of aromatic nitrogens is 1. The van der Waals surface area contributed by atoms with Crippen molar-refractivity contribution in [3.05, 3.63) is 11.1 Å². The molecule has 0 aliphatic carbocycles. The third-order valence-corrected chi connectivity index (χ3v) is 2.51. The van der Waals surface area contributed by atoms with Crippen molar-refractivity contribution in [2.45, 2.75) is 19.8 Å². The summed E-state index contributed by atoms with van der Waals surface area (Å²) in [4.78, 5) is 15.1. The number of unbranched alkanes of at least 4 members (excludes halogenated alkanes) is 1. The molecule has 1 rings (SSSR count). The fourth-order valence-corrected chi connectivity index (χ4v) is 1.63. The molecule has 0 spiro atoms. The van der Waals surface area contributed by atoms with Crippen LogP contribution in [0.3, 0.4) is 0 Å². The zero-order chi connectivity index (χ0) is 10.4. The summed E-state index contributed by atoms with van der Waals surface area (Å²) in [7, 11) is 1.35. The van der Waals surface area contributed by atoms with Gasteiger partial charge in [-0.1, -0.05) is 13.3 Å². The van der Waals surface area contributed by atoms with Crippen LogP contribution in [0, 0.1) is 0 Å². The molecule has 0 radical (unpaired) electrons. The number of anilines is 1. The first-order valence-corrected chi connectivity index (χ1v) is 5.43. The largest absolute Gasteiger partial charge is 0.464 e. The molecule has 0 unspecified atom stereocenters. The Hall–Kier alpha value is -1.10. The Balaban J connectivity index is 2.46. The first kappa shape index (κ1) is 11.0. The van der Waals surface area contributed by atoms with Gasteiger partial charge in [0.25, 0.3) is 0 Å². The van der Waals surface area contributed by atoms with E-state index in [4.69, 9.17) is 0 Å². The fourth-order valence-electron chi connectivity index (χ4n) is 0.925. The zero-order valence-electron chi connectivity index (χ0n) is 8.37. The predicted octanol–water partition coefficient (Wildman–Crippen LogP) is 2.14. The highest BCUT2D eigenvalue weighted by atomic mass is 32.1. The number of nitrogens with one attached hydrogen (secondary N) is 1. The number of hydrogen-bond donors (Lipinski definition) is 1. The summed E-state index contributed by atoms with van der Waals surface area (Å²) in [6, 6.07) is 0. The van der Waals surface area contributed by atoms with E-state index in [1.165, 1.54) is 18.4 Å². The zero-order valence-corrected chi connectivity index (χ0v) is 9.19. The number of nitrogens with zero attached hydrogens (tertiary/aromatic N) is 1. The summed E-state index contributed by atoms with van der Waals surface area (Å²) in [6.07, 6.45) is 2.25. The van der Waals surface area contributed by atoms with Crippen LogP contribution in [-0.4, -0.2) is 24.6 Å². The minimum absolute atomic E-state index is 0.372. The maximum absolute atomic E-state index is 11.1. The van der Waals surface area contributed by atoms with Gasteiger partial charge < -0.3 is 10.1 Å². The Kier molecular flexibility index (Phi) is 4.39. The lowest BCUT2D eigenvalue weighted by atomic mass is 10.3. The van der Waals surface area contributed by atoms with Gasteiger partial charge in [-0.15, -0.1) is 11.3 Å². The highest BCUT2D eigenvalue weighted by molar-refractivity contribution is 7.13. The molecular formula is C9H14N2O2S. The Labute approximate surface area is 87.3 Å². The van der Waals surface area contributed by atoms with Crippen LogP contribution in [0.1, 0.15) is 30.3 Å². The van der Waals surface area contributed by atoms with E-state index in [2.05, 4.69) is 22.0 Å². The lowest BCUT2D eigenvalue weighted by Gasteiger charge is -1.98. The second kappa shape index (κ2) is 5.59. The van der Waals surface area contributed by atoms with Crippen LogP contribution >= 0.6 is 11.3 Å². The van der Waals surface area contributed by atoms with Crippen LogP contribution in [-0.2, 0) is 4.74 Å². The second-order valence-corrected chi connectivity index (χ2v) is 3.67. The van der Waals surface area contributed by atoms with Crippen LogP contribution in [0.5, 0.6) is 0 Å². The molecule has 1 N–H and O–H groups in total. The topological polar surface area (TPSA) is 51.2 Å². The van der Waals surface area contributed by atoms with E-state index in [9.17, 15) is 4.79 Å². The number of rotatable bonds is 5. The predicted molar refractivity (Wildman–Crippen MR) is 56.9 cm³/mol. The highest BCUT2D eigenvalue weighted by Gasteiger charge is 2.09. The van der Waals surface area contributed by atoms with Gasteiger partial charge in [-0.05, 0) is 6.42 Å². The quantitative estimate of drug-likeness (QED) is 0.602. The van der Waals surface area contributed by atoms with Gasteiger partial charge in [0.05, 0.1) is 7.11 Å². The number of thiazole rings is 1. The average molecular weight is 214 g/mol. The summed E-state index contributed by atoms with van der Waals surface area (Å²) in [5.74, 6) is -0.384. The maximum atomic E-state index is 11.1. The lowest BCUT2D eigenvalue weighted by molar-refractivity contribution is 0.0595. The van der Waals surface area contributed by atoms with Gasteiger partial charge in [0.15, 0.2) is 10.8 Å². The molecule has 4 nitrogen and oxygen atoms in total. The summed E-state index contributed by atoms with van der Waals surface area (Å²) in [5.41, 5.74) is 0.372. The van der Waals surface area contributed by atoms with E-state index >= 15 is 0 Å². The van der Waals surface area contributed by atoms with Crippen molar-refractivity contribution in [2.75, 3.05) is 19.0 Å². The van der Waals surface area contributed by atoms with Gasteiger partial charge in [-0.3, -0.25) is 0 Å². The summed E-state index contributed by atoms with van der Waals surface area (Å²) < 4.78 is 4.55. The molecule has 0 saturated heterocycles. The van der Waals surface area contributed by atoms with Crippen molar-refractivity contribution < 1.29 is 9.53 Å². The van der Waals surface area contributed by atoms with Gasteiger partial charge >= 0.3 is 5.97 Å². The number of methoxy groups -OCH3 is 1. The molecule has 1 aromatic rings.